The first kappa shape index (κ1) is 27.2. The van der Waals surface area contributed by atoms with E-state index in [1.54, 1.807) is 18.2 Å². The molecule has 2 saturated heterocycles. The van der Waals surface area contributed by atoms with Crippen molar-refractivity contribution < 1.29 is 31.2 Å². The van der Waals surface area contributed by atoms with E-state index in [1.807, 2.05) is 0 Å². The number of anilines is 1. The Hall–Kier alpha value is -3.35. The normalized spacial score (nSPS) is 21.5. The maximum Gasteiger partial charge on any atom is 0.419 e. The molecule has 1 aromatic heterocycles. The minimum atomic E-state index is -4.56. The van der Waals surface area contributed by atoms with Gasteiger partial charge in [0.05, 0.1) is 17.0 Å². The van der Waals surface area contributed by atoms with E-state index in [-0.39, 0.29) is 49.5 Å². The van der Waals surface area contributed by atoms with Crippen LogP contribution in [0.2, 0.25) is 0 Å². The first-order chi connectivity index (χ1) is 18.6. The zero-order chi connectivity index (χ0) is 27.8. The minimum Gasteiger partial charge on any atom is -0.353 e. The molecular formula is C26H30F3N5O4S. The number of hydrogen-bond donors (Lipinski definition) is 0. The fourth-order valence-corrected chi connectivity index (χ4v) is 7.09. The average molecular weight is 566 g/mol. The summed E-state index contributed by atoms with van der Waals surface area (Å²) in [6, 6.07) is 7.90. The fourth-order valence-electron chi connectivity index (χ4n) is 5.69. The van der Waals surface area contributed by atoms with Gasteiger partial charge in [0, 0.05) is 38.4 Å². The van der Waals surface area contributed by atoms with Gasteiger partial charge in [-0.2, -0.15) is 13.2 Å². The molecule has 2 aromatic rings. The number of piperazine rings is 1. The van der Waals surface area contributed by atoms with Crippen LogP contribution in [0.1, 0.15) is 37.7 Å². The van der Waals surface area contributed by atoms with Crippen LogP contribution in [0.5, 0.6) is 0 Å². The van der Waals surface area contributed by atoms with Gasteiger partial charge < -0.3 is 14.7 Å². The number of halogens is 3. The standard InChI is InChI=1S/C26H30F3N5O4S/c27-26(28,29)21-12-7-13-30-23(21)31-14-16-32(17-15-31)24(35)22-18-33(39(37,38)20-10-5-2-6-11-20)25(36)34(22)19-8-3-1-4-9-19/h2,5-7,10-13,19,22H,1,3-4,8-9,14-18H2. The molecule has 3 heterocycles. The summed E-state index contributed by atoms with van der Waals surface area (Å²) >= 11 is 0. The number of carbonyl (C=O) groups excluding carboxylic acids is 2. The van der Waals surface area contributed by atoms with Gasteiger partial charge in [0.2, 0.25) is 5.91 Å². The van der Waals surface area contributed by atoms with Crippen LogP contribution >= 0.6 is 0 Å². The highest BCUT2D eigenvalue weighted by molar-refractivity contribution is 7.89. The van der Waals surface area contributed by atoms with Gasteiger partial charge in [0.25, 0.3) is 10.0 Å². The fraction of sp³-hybridized carbons (Fsp3) is 0.500. The van der Waals surface area contributed by atoms with E-state index in [9.17, 15) is 31.2 Å². The van der Waals surface area contributed by atoms with Gasteiger partial charge in [-0.25, -0.2) is 22.5 Å². The lowest BCUT2D eigenvalue weighted by atomic mass is 9.93. The van der Waals surface area contributed by atoms with Gasteiger partial charge in [0.1, 0.15) is 11.9 Å². The molecule has 210 valence electrons. The van der Waals surface area contributed by atoms with Crippen molar-refractivity contribution in [2.45, 2.75) is 55.3 Å². The van der Waals surface area contributed by atoms with Crippen LogP contribution in [0.3, 0.4) is 0 Å². The molecular weight excluding hydrogens is 535 g/mol. The molecule has 3 fully saturated rings. The molecule has 2 aliphatic heterocycles. The number of sulfonamides is 1. The molecule has 3 amide bonds. The summed E-state index contributed by atoms with van der Waals surface area (Å²) in [5.41, 5.74) is -0.837. The van der Waals surface area contributed by atoms with Crippen molar-refractivity contribution in [3.05, 3.63) is 54.2 Å². The van der Waals surface area contributed by atoms with Gasteiger partial charge in [-0.3, -0.25) is 4.79 Å². The molecule has 0 radical (unpaired) electrons. The minimum absolute atomic E-state index is 0.0283. The molecule has 9 nitrogen and oxygen atoms in total. The number of aromatic nitrogens is 1. The topological polar surface area (TPSA) is 94.1 Å². The van der Waals surface area contributed by atoms with Gasteiger partial charge in [-0.05, 0) is 37.1 Å². The molecule has 39 heavy (non-hydrogen) atoms. The van der Waals surface area contributed by atoms with Gasteiger partial charge in [-0.1, -0.05) is 37.5 Å². The van der Waals surface area contributed by atoms with Crippen molar-refractivity contribution >= 4 is 27.8 Å². The monoisotopic (exact) mass is 565 g/mol. The highest BCUT2D eigenvalue weighted by atomic mass is 32.2. The summed E-state index contributed by atoms with van der Waals surface area (Å²) in [7, 11) is -4.17. The summed E-state index contributed by atoms with van der Waals surface area (Å²) in [6.07, 6.45) is 0.880. The van der Waals surface area contributed by atoms with E-state index in [0.717, 1.165) is 29.6 Å². The Morgan fingerprint density at radius 1 is 0.923 bits per heavy atom. The van der Waals surface area contributed by atoms with Gasteiger partial charge >= 0.3 is 12.2 Å². The number of carbonyl (C=O) groups is 2. The van der Waals surface area contributed by atoms with Crippen molar-refractivity contribution in [2.75, 3.05) is 37.6 Å². The third kappa shape index (κ3) is 5.28. The zero-order valence-corrected chi connectivity index (χ0v) is 22.1. The summed E-state index contributed by atoms with van der Waals surface area (Å²) in [5.74, 6) is -0.575. The van der Waals surface area contributed by atoms with Crippen LogP contribution < -0.4 is 4.90 Å². The molecule has 1 aliphatic carbocycles. The Bertz CT molecular complexity index is 1310. The maximum atomic E-state index is 13.8. The molecule has 3 aliphatic rings. The van der Waals surface area contributed by atoms with Crippen molar-refractivity contribution in [1.82, 2.24) is 19.1 Å². The SMILES string of the molecule is O=C(C1CN(S(=O)(=O)c2ccccc2)C(=O)N1C1CCCCC1)N1CCN(c2ncccc2C(F)(F)F)CC1. The summed E-state index contributed by atoms with van der Waals surface area (Å²) in [6.45, 7) is 0.205. The molecule has 1 atom stereocenters. The van der Waals surface area contributed by atoms with Crippen LogP contribution in [-0.2, 0) is 21.0 Å². The largest absolute Gasteiger partial charge is 0.419 e. The third-order valence-corrected chi connectivity index (χ3v) is 9.43. The number of nitrogens with zero attached hydrogens (tertiary/aromatic N) is 5. The second-order valence-electron chi connectivity index (χ2n) is 10.0. The number of alkyl halides is 3. The Labute approximate surface area is 225 Å². The molecule has 1 saturated carbocycles. The molecule has 1 unspecified atom stereocenters. The third-order valence-electron chi connectivity index (χ3n) is 7.68. The lowest BCUT2D eigenvalue weighted by molar-refractivity contribution is -0.138. The second kappa shape index (κ2) is 10.7. The van der Waals surface area contributed by atoms with Crippen molar-refractivity contribution in [2.24, 2.45) is 0 Å². The summed E-state index contributed by atoms with van der Waals surface area (Å²) < 4.78 is 68.1. The zero-order valence-electron chi connectivity index (χ0n) is 21.3. The van der Waals surface area contributed by atoms with E-state index in [0.29, 0.717) is 12.8 Å². The summed E-state index contributed by atoms with van der Waals surface area (Å²) in [4.78, 5) is 35.7. The first-order valence-corrected chi connectivity index (χ1v) is 14.5. The number of hydrogen-bond acceptors (Lipinski definition) is 6. The lowest BCUT2D eigenvalue weighted by Gasteiger charge is -2.39. The van der Waals surface area contributed by atoms with E-state index in [2.05, 4.69) is 4.98 Å². The Morgan fingerprint density at radius 2 is 1.59 bits per heavy atom. The van der Waals surface area contributed by atoms with E-state index < -0.39 is 39.7 Å². The maximum absolute atomic E-state index is 13.8. The Morgan fingerprint density at radius 3 is 2.23 bits per heavy atom. The molecule has 5 rings (SSSR count). The smallest absolute Gasteiger partial charge is 0.353 e. The molecule has 0 spiro atoms. The molecule has 0 N–H and O–H groups in total. The van der Waals surface area contributed by atoms with Crippen molar-refractivity contribution in [1.29, 1.82) is 0 Å². The molecule has 0 bridgehead atoms. The average Bonchev–Trinajstić information content (AvgIpc) is 3.31. The first-order valence-electron chi connectivity index (χ1n) is 13.0. The second-order valence-corrected chi connectivity index (χ2v) is 11.9. The van der Waals surface area contributed by atoms with E-state index in [4.69, 9.17) is 0 Å². The molecule has 1 aromatic carbocycles. The van der Waals surface area contributed by atoms with Crippen LogP contribution in [0.15, 0.2) is 53.6 Å². The van der Waals surface area contributed by atoms with E-state index >= 15 is 0 Å². The van der Waals surface area contributed by atoms with Crippen molar-refractivity contribution in [3.63, 3.8) is 0 Å². The Kier molecular flexibility index (Phi) is 7.45. The van der Waals surface area contributed by atoms with Crippen molar-refractivity contribution in [3.8, 4) is 0 Å². The van der Waals surface area contributed by atoms with Crippen LogP contribution in [0.4, 0.5) is 23.8 Å². The predicted octanol–water partition coefficient (Wildman–Crippen LogP) is 3.58. The lowest BCUT2D eigenvalue weighted by Crippen LogP contribution is -2.56. The number of amides is 3. The number of urea groups is 1. The number of benzene rings is 1. The van der Waals surface area contributed by atoms with Crippen LogP contribution in [0.25, 0.3) is 0 Å². The van der Waals surface area contributed by atoms with Crippen LogP contribution in [0, 0.1) is 0 Å². The number of rotatable bonds is 5. The van der Waals surface area contributed by atoms with Gasteiger partial charge in [-0.15, -0.1) is 0 Å². The summed E-state index contributed by atoms with van der Waals surface area (Å²) in [5, 5.41) is 0. The predicted molar refractivity (Wildman–Crippen MR) is 136 cm³/mol. The molecule has 13 heteroatoms. The van der Waals surface area contributed by atoms with Gasteiger partial charge in [0.15, 0.2) is 0 Å². The highest BCUT2D eigenvalue weighted by Crippen LogP contribution is 2.36. The van der Waals surface area contributed by atoms with Crippen LogP contribution in [-0.4, -0.2) is 84.3 Å². The quantitative estimate of drug-likeness (QED) is 0.550. The Balaban J connectivity index is 1.36. The highest BCUT2D eigenvalue weighted by Gasteiger charge is 2.50. The van der Waals surface area contributed by atoms with E-state index in [1.165, 1.54) is 39.1 Å². The number of pyridine rings is 1.